The molecule has 2 nitrogen and oxygen atoms in total. The Labute approximate surface area is 100 Å². The third-order valence-electron chi connectivity index (χ3n) is 2.57. The van der Waals surface area contributed by atoms with Crippen molar-refractivity contribution in [2.75, 3.05) is 12.4 Å². The summed E-state index contributed by atoms with van der Waals surface area (Å²) in [6, 6.07) is 12.1. The van der Waals surface area contributed by atoms with Crippen LogP contribution in [-0.2, 0) is 0 Å². The van der Waals surface area contributed by atoms with E-state index in [0.29, 0.717) is 0 Å². The molecule has 0 heterocycles. The second-order valence-corrected chi connectivity index (χ2v) is 3.81. The van der Waals surface area contributed by atoms with E-state index in [4.69, 9.17) is 4.74 Å². The molecular formula is C14H14FNO. The summed E-state index contributed by atoms with van der Waals surface area (Å²) < 4.78 is 17.9. The summed E-state index contributed by atoms with van der Waals surface area (Å²) in [5, 5.41) is 3.23. The van der Waals surface area contributed by atoms with Gasteiger partial charge in [-0.1, -0.05) is 6.07 Å². The van der Waals surface area contributed by atoms with Crippen LogP contribution in [0.2, 0.25) is 0 Å². The fourth-order valence-corrected chi connectivity index (χ4v) is 1.55. The van der Waals surface area contributed by atoms with Gasteiger partial charge in [0, 0.05) is 17.4 Å². The van der Waals surface area contributed by atoms with Crippen LogP contribution in [-0.4, -0.2) is 7.11 Å². The Morgan fingerprint density at radius 3 is 2.41 bits per heavy atom. The van der Waals surface area contributed by atoms with Crippen molar-refractivity contribution in [1.29, 1.82) is 0 Å². The van der Waals surface area contributed by atoms with Crippen LogP contribution in [0.5, 0.6) is 5.75 Å². The smallest absolute Gasteiger partial charge is 0.123 e. The van der Waals surface area contributed by atoms with E-state index in [1.54, 1.807) is 19.2 Å². The summed E-state index contributed by atoms with van der Waals surface area (Å²) in [6.45, 7) is 2.01. The first-order valence-corrected chi connectivity index (χ1v) is 5.36. The normalized spacial score (nSPS) is 10.1. The van der Waals surface area contributed by atoms with Gasteiger partial charge in [-0.05, 0) is 42.8 Å². The van der Waals surface area contributed by atoms with Crippen molar-refractivity contribution >= 4 is 11.4 Å². The summed E-state index contributed by atoms with van der Waals surface area (Å²) in [6.07, 6.45) is 0. The van der Waals surface area contributed by atoms with Gasteiger partial charge < -0.3 is 10.1 Å². The highest BCUT2D eigenvalue weighted by Gasteiger charge is 2.01. The Hall–Kier alpha value is -2.03. The van der Waals surface area contributed by atoms with Crippen LogP contribution in [0.25, 0.3) is 0 Å². The van der Waals surface area contributed by atoms with Crippen molar-refractivity contribution < 1.29 is 9.13 Å². The highest BCUT2D eigenvalue weighted by atomic mass is 19.1. The molecule has 0 spiro atoms. The molecule has 0 saturated carbocycles. The molecule has 0 saturated heterocycles. The molecule has 0 unspecified atom stereocenters. The Morgan fingerprint density at radius 2 is 1.76 bits per heavy atom. The summed E-state index contributed by atoms with van der Waals surface area (Å²) in [5.74, 6) is 0.554. The molecule has 0 amide bonds. The average Bonchev–Trinajstić information content (AvgIpc) is 2.35. The molecule has 0 aromatic heterocycles. The zero-order chi connectivity index (χ0) is 12.3. The third kappa shape index (κ3) is 2.75. The van der Waals surface area contributed by atoms with Crippen LogP contribution in [0.15, 0.2) is 42.5 Å². The predicted octanol–water partition coefficient (Wildman–Crippen LogP) is 3.89. The first kappa shape index (κ1) is 11.5. The lowest BCUT2D eigenvalue weighted by molar-refractivity contribution is 0.415. The molecule has 0 atom stereocenters. The van der Waals surface area contributed by atoms with E-state index in [-0.39, 0.29) is 5.82 Å². The molecule has 2 aromatic carbocycles. The number of rotatable bonds is 3. The summed E-state index contributed by atoms with van der Waals surface area (Å²) in [4.78, 5) is 0. The van der Waals surface area contributed by atoms with E-state index in [2.05, 4.69) is 5.32 Å². The predicted molar refractivity (Wildman–Crippen MR) is 67.4 cm³/mol. The molecule has 0 aliphatic carbocycles. The van der Waals surface area contributed by atoms with E-state index in [1.807, 2.05) is 25.1 Å². The number of anilines is 2. The fourth-order valence-electron chi connectivity index (χ4n) is 1.55. The van der Waals surface area contributed by atoms with Gasteiger partial charge in [-0.15, -0.1) is 0 Å². The zero-order valence-corrected chi connectivity index (χ0v) is 9.83. The van der Waals surface area contributed by atoms with E-state index in [9.17, 15) is 4.39 Å². The summed E-state index contributed by atoms with van der Waals surface area (Å²) in [5.41, 5.74) is 2.91. The van der Waals surface area contributed by atoms with Crippen LogP contribution in [0.4, 0.5) is 15.8 Å². The van der Waals surface area contributed by atoms with E-state index >= 15 is 0 Å². The number of halogens is 1. The fraction of sp³-hybridized carbons (Fsp3) is 0.143. The molecule has 2 rings (SSSR count). The maximum Gasteiger partial charge on any atom is 0.123 e. The van der Waals surface area contributed by atoms with Crippen molar-refractivity contribution in [3.63, 3.8) is 0 Å². The van der Waals surface area contributed by atoms with E-state index in [1.165, 1.54) is 12.1 Å². The standard InChI is InChI=1S/C14H14FNO/c1-10-3-8-13(17-2)9-14(10)16-12-6-4-11(15)5-7-12/h3-9,16H,1-2H3. The number of benzene rings is 2. The minimum absolute atomic E-state index is 0.238. The monoisotopic (exact) mass is 231 g/mol. The van der Waals surface area contributed by atoms with Crippen molar-refractivity contribution in [3.8, 4) is 5.75 Å². The number of ether oxygens (including phenoxy) is 1. The van der Waals surface area contributed by atoms with Gasteiger partial charge in [-0.3, -0.25) is 0 Å². The Morgan fingerprint density at radius 1 is 1.06 bits per heavy atom. The minimum atomic E-state index is -0.238. The number of nitrogens with one attached hydrogen (secondary N) is 1. The van der Waals surface area contributed by atoms with Crippen LogP contribution in [0, 0.1) is 12.7 Å². The van der Waals surface area contributed by atoms with Gasteiger partial charge in [-0.25, -0.2) is 4.39 Å². The highest BCUT2D eigenvalue weighted by Crippen LogP contribution is 2.25. The Balaban J connectivity index is 2.25. The number of hydrogen-bond donors (Lipinski definition) is 1. The molecule has 0 aliphatic rings. The zero-order valence-electron chi connectivity index (χ0n) is 9.83. The molecular weight excluding hydrogens is 217 g/mol. The first-order valence-electron chi connectivity index (χ1n) is 5.36. The van der Waals surface area contributed by atoms with Crippen LogP contribution < -0.4 is 10.1 Å². The molecule has 3 heteroatoms. The number of aryl methyl sites for hydroxylation is 1. The quantitative estimate of drug-likeness (QED) is 0.865. The van der Waals surface area contributed by atoms with E-state index in [0.717, 1.165) is 22.7 Å². The molecule has 2 aromatic rings. The van der Waals surface area contributed by atoms with Gasteiger partial charge in [0.15, 0.2) is 0 Å². The highest BCUT2D eigenvalue weighted by molar-refractivity contribution is 5.64. The number of methoxy groups -OCH3 is 1. The molecule has 0 radical (unpaired) electrons. The lowest BCUT2D eigenvalue weighted by Gasteiger charge is -2.11. The minimum Gasteiger partial charge on any atom is -0.497 e. The van der Waals surface area contributed by atoms with Crippen molar-refractivity contribution in [2.24, 2.45) is 0 Å². The van der Waals surface area contributed by atoms with Crippen LogP contribution in [0.3, 0.4) is 0 Å². The van der Waals surface area contributed by atoms with Gasteiger partial charge in [-0.2, -0.15) is 0 Å². The second-order valence-electron chi connectivity index (χ2n) is 3.81. The van der Waals surface area contributed by atoms with Gasteiger partial charge in [0.25, 0.3) is 0 Å². The molecule has 0 bridgehead atoms. The van der Waals surface area contributed by atoms with Crippen LogP contribution >= 0.6 is 0 Å². The second kappa shape index (κ2) is 4.87. The third-order valence-corrected chi connectivity index (χ3v) is 2.57. The SMILES string of the molecule is COc1ccc(C)c(Nc2ccc(F)cc2)c1. The lowest BCUT2D eigenvalue weighted by Crippen LogP contribution is -1.94. The van der Waals surface area contributed by atoms with Gasteiger partial charge in [0.1, 0.15) is 11.6 Å². The van der Waals surface area contributed by atoms with Crippen molar-refractivity contribution in [3.05, 3.63) is 53.8 Å². The lowest BCUT2D eigenvalue weighted by atomic mass is 10.2. The first-order chi connectivity index (χ1) is 8.19. The molecule has 0 aliphatic heterocycles. The van der Waals surface area contributed by atoms with E-state index < -0.39 is 0 Å². The maximum atomic E-state index is 12.8. The molecule has 1 N–H and O–H groups in total. The van der Waals surface area contributed by atoms with Gasteiger partial charge in [0.05, 0.1) is 7.11 Å². The summed E-state index contributed by atoms with van der Waals surface area (Å²) >= 11 is 0. The maximum absolute atomic E-state index is 12.8. The Kier molecular flexibility index (Phi) is 3.28. The molecule has 0 fully saturated rings. The van der Waals surface area contributed by atoms with Crippen molar-refractivity contribution in [1.82, 2.24) is 0 Å². The van der Waals surface area contributed by atoms with Crippen molar-refractivity contribution in [2.45, 2.75) is 6.92 Å². The topological polar surface area (TPSA) is 21.3 Å². The van der Waals surface area contributed by atoms with Crippen LogP contribution in [0.1, 0.15) is 5.56 Å². The number of hydrogen-bond acceptors (Lipinski definition) is 2. The molecule has 17 heavy (non-hydrogen) atoms. The average molecular weight is 231 g/mol. The molecule has 88 valence electrons. The van der Waals surface area contributed by atoms with Gasteiger partial charge >= 0.3 is 0 Å². The Bertz CT molecular complexity index is 508. The summed E-state index contributed by atoms with van der Waals surface area (Å²) in [7, 11) is 1.63. The largest absolute Gasteiger partial charge is 0.497 e. The van der Waals surface area contributed by atoms with Gasteiger partial charge in [0.2, 0.25) is 0 Å².